The quantitative estimate of drug-likeness (QED) is 0.743. The van der Waals surface area contributed by atoms with Crippen LogP contribution in [-0.4, -0.2) is 60.4 Å². The molecule has 0 saturated carbocycles. The Morgan fingerprint density at radius 2 is 1.44 bits per heavy atom. The summed E-state index contributed by atoms with van der Waals surface area (Å²) in [5, 5.41) is 0. The van der Waals surface area contributed by atoms with E-state index in [9.17, 15) is 0 Å². The molecule has 0 aromatic carbocycles. The van der Waals surface area contributed by atoms with E-state index in [4.69, 9.17) is 18.8 Å². The molecule has 4 rings (SSSR count). The summed E-state index contributed by atoms with van der Waals surface area (Å²) in [5.41, 5.74) is 0.121. The average molecular weight is 347 g/mol. The van der Waals surface area contributed by atoms with Gasteiger partial charge in [0.1, 0.15) is 0 Å². The summed E-state index contributed by atoms with van der Waals surface area (Å²) in [7, 11) is -0.427. The predicted molar refractivity (Wildman–Crippen MR) is 93.8 cm³/mol. The molecule has 3 aliphatic heterocycles. The van der Waals surface area contributed by atoms with Crippen molar-refractivity contribution in [2.45, 2.75) is 57.5 Å². The Morgan fingerprint density at radius 3 is 1.96 bits per heavy atom. The van der Waals surface area contributed by atoms with Crippen molar-refractivity contribution >= 4 is 18.5 Å². The highest BCUT2D eigenvalue weighted by Crippen LogP contribution is 2.36. The second kappa shape index (κ2) is 5.91. The lowest BCUT2D eigenvalue weighted by atomic mass is 9.81. The number of anilines is 1. The molecular weight excluding hydrogens is 321 g/mol. The van der Waals surface area contributed by atoms with Gasteiger partial charge in [0, 0.05) is 43.8 Å². The van der Waals surface area contributed by atoms with Gasteiger partial charge in [-0.2, -0.15) is 0 Å². The van der Waals surface area contributed by atoms with Crippen LogP contribution in [0.3, 0.4) is 0 Å². The van der Waals surface area contributed by atoms with Gasteiger partial charge in [-0.05, 0) is 27.7 Å². The van der Waals surface area contributed by atoms with Crippen LogP contribution in [0.25, 0.3) is 0 Å². The Morgan fingerprint density at radius 1 is 0.920 bits per heavy atom. The molecule has 3 fully saturated rings. The number of piperidine rings is 1. The van der Waals surface area contributed by atoms with E-state index in [1.165, 1.54) is 0 Å². The highest BCUT2D eigenvalue weighted by molar-refractivity contribution is 6.61. The molecule has 1 aromatic rings. The number of rotatable bonds is 2. The third-order valence-electron chi connectivity index (χ3n) is 5.81. The van der Waals surface area contributed by atoms with Crippen molar-refractivity contribution in [3.8, 4) is 0 Å². The fraction of sp³-hybridized carbons (Fsp3) is 0.765. The van der Waals surface area contributed by atoms with Crippen molar-refractivity contribution in [3.63, 3.8) is 0 Å². The molecule has 0 amide bonds. The highest BCUT2D eigenvalue weighted by Gasteiger charge is 2.52. The molecule has 4 heterocycles. The highest BCUT2D eigenvalue weighted by atomic mass is 16.7. The zero-order chi connectivity index (χ0) is 17.7. The first-order valence-corrected chi connectivity index (χ1v) is 9.01. The SMILES string of the molecule is CC1(C)OB(c2cnc(N3CCC4(CC3)OCCO4)nc2)OC1(C)C. The van der Waals surface area contributed by atoms with Crippen molar-refractivity contribution < 1.29 is 18.8 Å². The summed E-state index contributed by atoms with van der Waals surface area (Å²) in [6.45, 7) is 11.2. The second-order valence-corrected chi connectivity index (χ2v) is 8.00. The fourth-order valence-electron chi connectivity index (χ4n) is 3.43. The van der Waals surface area contributed by atoms with Crippen LogP contribution in [0.1, 0.15) is 40.5 Å². The van der Waals surface area contributed by atoms with Crippen molar-refractivity contribution in [1.29, 1.82) is 0 Å². The molecule has 8 heteroatoms. The minimum atomic E-state index is -0.427. The van der Waals surface area contributed by atoms with E-state index in [0.29, 0.717) is 13.2 Å². The number of hydrogen-bond acceptors (Lipinski definition) is 7. The van der Waals surface area contributed by atoms with Crippen LogP contribution in [0.2, 0.25) is 0 Å². The summed E-state index contributed by atoms with van der Waals surface area (Å²) in [6, 6.07) is 0. The van der Waals surface area contributed by atoms with Crippen LogP contribution in [0.4, 0.5) is 5.95 Å². The van der Waals surface area contributed by atoms with E-state index in [1.807, 2.05) is 27.7 Å². The van der Waals surface area contributed by atoms with E-state index in [2.05, 4.69) is 14.9 Å². The van der Waals surface area contributed by atoms with Crippen molar-refractivity contribution in [1.82, 2.24) is 9.97 Å². The smallest absolute Gasteiger partial charge is 0.399 e. The minimum Gasteiger partial charge on any atom is -0.399 e. The number of nitrogens with zero attached hydrogens (tertiary/aromatic N) is 3. The number of hydrogen-bond donors (Lipinski definition) is 0. The van der Waals surface area contributed by atoms with Crippen LogP contribution >= 0.6 is 0 Å². The van der Waals surface area contributed by atoms with Gasteiger partial charge in [-0.3, -0.25) is 0 Å². The Bertz CT molecular complexity index is 605. The molecule has 1 aromatic heterocycles. The molecule has 3 saturated heterocycles. The van der Waals surface area contributed by atoms with Crippen molar-refractivity contribution in [3.05, 3.63) is 12.4 Å². The zero-order valence-electron chi connectivity index (χ0n) is 15.4. The number of aromatic nitrogens is 2. The topological polar surface area (TPSA) is 65.9 Å². The van der Waals surface area contributed by atoms with Crippen LogP contribution in [0, 0.1) is 0 Å². The molecule has 0 aliphatic carbocycles. The zero-order valence-corrected chi connectivity index (χ0v) is 15.4. The van der Waals surface area contributed by atoms with Crippen LogP contribution in [0.5, 0.6) is 0 Å². The lowest BCUT2D eigenvalue weighted by Gasteiger charge is -2.37. The van der Waals surface area contributed by atoms with E-state index >= 15 is 0 Å². The van der Waals surface area contributed by atoms with Gasteiger partial charge in [-0.15, -0.1) is 0 Å². The molecule has 3 aliphatic rings. The maximum absolute atomic E-state index is 6.05. The third kappa shape index (κ3) is 3.05. The Labute approximate surface area is 149 Å². The molecule has 25 heavy (non-hydrogen) atoms. The molecule has 7 nitrogen and oxygen atoms in total. The normalized spacial score (nSPS) is 27.2. The molecule has 1 spiro atoms. The lowest BCUT2D eigenvalue weighted by molar-refractivity contribution is -0.169. The van der Waals surface area contributed by atoms with E-state index in [0.717, 1.165) is 37.3 Å². The first-order valence-electron chi connectivity index (χ1n) is 9.01. The average Bonchev–Trinajstić information content (AvgIpc) is 3.11. The van der Waals surface area contributed by atoms with Gasteiger partial charge >= 0.3 is 7.12 Å². The van der Waals surface area contributed by atoms with E-state index < -0.39 is 7.12 Å². The Balaban J connectivity index is 1.41. The monoisotopic (exact) mass is 347 g/mol. The van der Waals surface area contributed by atoms with Gasteiger partial charge in [-0.25, -0.2) is 9.97 Å². The predicted octanol–water partition coefficient (Wildman–Crippen LogP) is 1.12. The standard InChI is InChI=1S/C17H26BN3O4/c1-15(2)16(3,4)25-18(24-15)13-11-19-14(20-12-13)21-7-5-17(6-8-21)22-9-10-23-17/h11-12H,5-10H2,1-4H3. The molecule has 0 N–H and O–H groups in total. The third-order valence-corrected chi connectivity index (χ3v) is 5.81. The maximum atomic E-state index is 6.05. The molecule has 0 radical (unpaired) electrons. The minimum absolute atomic E-state index is 0.362. The van der Waals surface area contributed by atoms with Crippen molar-refractivity contribution in [2.75, 3.05) is 31.2 Å². The number of ether oxygens (including phenoxy) is 2. The fourth-order valence-corrected chi connectivity index (χ4v) is 3.43. The first kappa shape index (κ1) is 17.2. The molecule has 0 unspecified atom stereocenters. The van der Waals surface area contributed by atoms with Crippen LogP contribution in [0.15, 0.2) is 12.4 Å². The second-order valence-electron chi connectivity index (χ2n) is 8.00. The maximum Gasteiger partial charge on any atom is 0.498 e. The largest absolute Gasteiger partial charge is 0.498 e. The Hall–Kier alpha value is -1.22. The molecule has 136 valence electrons. The van der Waals surface area contributed by atoms with Gasteiger partial charge in [0.15, 0.2) is 5.79 Å². The first-order chi connectivity index (χ1) is 11.8. The Kier molecular flexibility index (Phi) is 4.07. The summed E-state index contributed by atoms with van der Waals surface area (Å²) in [5.74, 6) is 0.354. The molecule has 0 bridgehead atoms. The molecular formula is C17H26BN3O4. The summed E-state index contributed by atoms with van der Waals surface area (Å²) in [6.07, 6.45) is 5.29. The summed E-state index contributed by atoms with van der Waals surface area (Å²) >= 11 is 0. The van der Waals surface area contributed by atoms with Gasteiger partial charge in [0.25, 0.3) is 0 Å². The van der Waals surface area contributed by atoms with Gasteiger partial charge in [0.05, 0.1) is 24.4 Å². The van der Waals surface area contributed by atoms with E-state index in [1.54, 1.807) is 12.4 Å². The molecule has 0 atom stereocenters. The summed E-state index contributed by atoms with van der Waals surface area (Å²) < 4.78 is 23.6. The van der Waals surface area contributed by atoms with Crippen LogP contribution in [-0.2, 0) is 18.8 Å². The van der Waals surface area contributed by atoms with Gasteiger partial charge in [-0.1, -0.05) is 0 Å². The van der Waals surface area contributed by atoms with Gasteiger partial charge < -0.3 is 23.7 Å². The van der Waals surface area contributed by atoms with Crippen LogP contribution < -0.4 is 10.4 Å². The van der Waals surface area contributed by atoms with E-state index in [-0.39, 0.29) is 17.0 Å². The van der Waals surface area contributed by atoms with Gasteiger partial charge in [0.2, 0.25) is 5.95 Å². The summed E-state index contributed by atoms with van der Waals surface area (Å²) in [4.78, 5) is 11.2. The lowest BCUT2D eigenvalue weighted by Crippen LogP contribution is -2.46. The van der Waals surface area contributed by atoms with Crippen molar-refractivity contribution in [2.24, 2.45) is 0 Å².